The van der Waals surface area contributed by atoms with E-state index in [0.29, 0.717) is 17.7 Å². The number of halogens is 2. The van der Waals surface area contributed by atoms with Crippen LogP contribution in [0.25, 0.3) is 0 Å². The molecule has 0 radical (unpaired) electrons. The Morgan fingerprint density at radius 3 is 2.05 bits per heavy atom. The molecule has 1 amide bonds. The fraction of sp³-hybridized carbons (Fsp3) is 0.688. The molecule has 2 fully saturated rings. The van der Waals surface area contributed by atoms with Crippen LogP contribution in [0.5, 0.6) is 0 Å². The van der Waals surface area contributed by atoms with Gasteiger partial charge >= 0.3 is 0 Å². The standard InChI is InChI=1S/C16H22Cl2N2O/c17-16(18)10-9-12(11-19-16)15(21)20(13-5-1-2-6-13)14-7-3-4-8-14/h9-11,13-14,19H,1-8H2. The van der Waals surface area contributed by atoms with Gasteiger partial charge in [-0.05, 0) is 37.8 Å². The molecule has 2 saturated carbocycles. The number of hydrogen-bond donors (Lipinski definition) is 1. The van der Waals surface area contributed by atoms with E-state index in [0.717, 1.165) is 25.7 Å². The fourth-order valence-corrected chi connectivity index (χ4v) is 3.98. The van der Waals surface area contributed by atoms with Gasteiger partial charge < -0.3 is 10.2 Å². The van der Waals surface area contributed by atoms with Gasteiger partial charge in [-0.1, -0.05) is 48.9 Å². The van der Waals surface area contributed by atoms with Crippen LogP contribution in [0.15, 0.2) is 23.9 Å². The van der Waals surface area contributed by atoms with Crippen LogP contribution in [-0.4, -0.2) is 27.3 Å². The quantitative estimate of drug-likeness (QED) is 0.630. The number of amides is 1. The number of carbonyl (C=O) groups excluding carboxylic acids is 1. The van der Waals surface area contributed by atoms with Crippen molar-refractivity contribution in [2.24, 2.45) is 0 Å². The van der Waals surface area contributed by atoms with E-state index in [1.54, 1.807) is 18.4 Å². The zero-order valence-corrected chi connectivity index (χ0v) is 13.7. The molecule has 0 aromatic heterocycles. The van der Waals surface area contributed by atoms with Gasteiger partial charge in [-0.25, -0.2) is 0 Å². The van der Waals surface area contributed by atoms with Gasteiger partial charge in [0.1, 0.15) is 0 Å². The normalized spacial score (nSPS) is 25.7. The Labute approximate surface area is 136 Å². The molecular formula is C16H22Cl2N2O. The molecule has 1 N–H and O–H groups in total. The zero-order valence-electron chi connectivity index (χ0n) is 12.2. The summed E-state index contributed by atoms with van der Waals surface area (Å²) in [7, 11) is 0. The Morgan fingerprint density at radius 1 is 1.10 bits per heavy atom. The minimum Gasteiger partial charge on any atom is -0.357 e. The second kappa shape index (κ2) is 6.21. The molecule has 0 saturated heterocycles. The van der Waals surface area contributed by atoms with Crippen molar-refractivity contribution in [1.29, 1.82) is 0 Å². The van der Waals surface area contributed by atoms with Gasteiger partial charge in [0.05, 0.1) is 5.57 Å². The highest BCUT2D eigenvalue weighted by molar-refractivity contribution is 6.49. The SMILES string of the molecule is O=C(C1=CNC(Cl)(Cl)C=C1)N(C1CCCC1)C1CCCC1. The first-order valence-electron chi connectivity index (χ1n) is 7.94. The van der Waals surface area contributed by atoms with Crippen molar-refractivity contribution in [1.82, 2.24) is 10.2 Å². The highest BCUT2D eigenvalue weighted by Gasteiger charge is 2.35. The summed E-state index contributed by atoms with van der Waals surface area (Å²) >= 11 is 11.9. The number of carbonyl (C=O) groups is 1. The van der Waals surface area contributed by atoms with Gasteiger partial charge in [0.15, 0.2) is 0 Å². The van der Waals surface area contributed by atoms with Crippen LogP contribution >= 0.6 is 23.2 Å². The van der Waals surface area contributed by atoms with Crippen LogP contribution < -0.4 is 5.32 Å². The van der Waals surface area contributed by atoms with Crippen LogP contribution in [0.2, 0.25) is 0 Å². The number of hydrogen-bond acceptors (Lipinski definition) is 2. The Hall–Kier alpha value is -0.670. The van der Waals surface area contributed by atoms with Crippen molar-refractivity contribution in [2.75, 3.05) is 0 Å². The lowest BCUT2D eigenvalue weighted by atomic mass is 10.1. The summed E-state index contributed by atoms with van der Waals surface area (Å²) < 4.78 is -1.10. The minimum atomic E-state index is -1.10. The van der Waals surface area contributed by atoms with Crippen molar-refractivity contribution in [3.05, 3.63) is 23.9 Å². The highest BCUT2D eigenvalue weighted by Crippen LogP contribution is 2.33. The fourth-order valence-electron chi connectivity index (χ4n) is 3.74. The second-order valence-corrected chi connectivity index (χ2v) is 7.68. The van der Waals surface area contributed by atoms with E-state index in [1.165, 1.54) is 25.7 Å². The smallest absolute Gasteiger partial charge is 0.255 e. The summed E-state index contributed by atoms with van der Waals surface area (Å²) in [6.07, 6.45) is 14.5. The van der Waals surface area contributed by atoms with Crippen molar-refractivity contribution in [3.8, 4) is 0 Å². The summed E-state index contributed by atoms with van der Waals surface area (Å²) in [5.41, 5.74) is 0.658. The summed E-state index contributed by atoms with van der Waals surface area (Å²) in [5.74, 6) is 0.126. The molecular weight excluding hydrogens is 307 g/mol. The number of alkyl halides is 2. The van der Waals surface area contributed by atoms with E-state index >= 15 is 0 Å². The van der Waals surface area contributed by atoms with E-state index in [2.05, 4.69) is 10.2 Å². The Balaban J connectivity index is 1.77. The van der Waals surface area contributed by atoms with Gasteiger partial charge in [0.25, 0.3) is 5.91 Å². The number of nitrogens with one attached hydrogen (secondary N) is 1. The molecule has 0 aromatic carbocycles. The topological polar surface area (TPSA) is 32.3 Å². The van der Waals surface area contributed by atoms with Crippen molar-refractivity contribution in [3.63, 3.8) is 0 Å². The lowest BCUT2D eigenvalue weighted by molar-refractivity contribution is -0.131. The summed E-state index contributed by atoms with van der Waals surface area (Å²) in [6.45, 7) is 0. The summed E-state index contributed by atoms with van der Waals surface area (Å²) in [6, 6.07) is 0.821. The molecule has 21 heavy (non-hydrogen) atoms. The molecule has 0 atom stereocenters. The average Bonchev–Trinajstić information content (AvgIpc) is 3.12. The predicted octanol–water partition coefficient (Wildman–Crippen LogP) is 3.87. The van der Waals surface area contributed by atoms with Crippen LogP contribution in [0.1, 0.15) is 51.4 Å². The monoisotopic (exact) mass is 328 g/mol. The predicted molar refractivity (Wildman–Crippen MR) is 86.2 cm³/mol. The third kappa shape index (κ3) is 3.40. The zero-order chi connectivity index (χ0) is 14.9. The Kier molecular flexibility index (Phi) is 4.51. The summed E-state index contributed by atoms with van der Waals surface area (Å²) in [5, 5.41) is 2.86. The first-order chi connectivity index (χ1) is 10.1. The van der Waals surface area contributed by atoms with Gasteiger partial charge in [-0.2, -0.15) is 0 Å². The highest BCUT2D eigenvalue weighted by atomic mass is 35.5. The van der Waals surface area contributed by atoms with E-state index in [-0.39, 0.29) is 5.91 Å². The molecule has 1 heterocycles. The van der Waals surface area contributed by atoms with Gasteiger partial charge in [0.2, 0.25) is 4.46 Å². The molecule has 2 aliphatic carbocycles. The van der Waals surface area contributed by atoms with Gasteiger partial charge in [0, 0.05) is 18.3 Å². The first-order valence-corrected chi connectivity index (χ1v) is 8.70. The van der Waals surface area contributed by atoms with Crippen LogP contribution in [0.4, 0.5) is 0 Å². The maximum atomic E-state index is 13.0. The lowest BCUT2D eigenvalue weighted by Gasteiger charge is -2.35. The van der Waals surface area contributed by atoms with Gasteiger partial charge in [-0.3, -0.25) is 4.79 Å². The maximum Gasteiger partial charge on any atom is 0.255 e. The molecule has 3 aliphatic rings. The average molecular weight is 329 g/mol. The molecule has 0 aromatic rings. The third-order valence-corrected chi connectivity index (χ3v) is 5.28. The van der Waals surface area contributed by atoms with E-state index in [4.69, 9.17) is 23.2 Å². The van der Waals surface area contributed by atoms with Crippen molar-refractivity contribution >= 4 is 29.1 Å². The van der Waals surface area contributed by atoms with Crippen LogP contribution in [-0.2, 0) is 4.79 Å². The minimum absolute atomic E-state index is 0.126. The largest absolute Gasteiger partial charge is 0.357 e. The van der Waals surface area contributed by atoms with Crippen LogP contribution in [0.3, 0.4) is 0 Å². The van der Waals surface area contributed by atoms with E-state index < -0.39 is 4.46 Å². The molecule has 3 nitrogen and oxygen atoms in total. The maximum absolute atomic E-state index is 13.0. The lowest BCUT2D eigenvalue weighted by Crippen LogP contribution is -2.46. The van der Waals surface area contributed by atoms with Crippen molar-refractivity contribution < 1.29 is 4.79 Å². The number of nitrogens with zero attached hydrogens (tertiary/aromatic N) is 1. The van der Waals surface area contributed by atoms with E-state index in [9.17, 15) is 4.79 Å². The molecule has 3 rings (SSSR count). The van der Waals surface area contributed by atoms with Gasteiger partial charge in [-0.15, -0.1) is 0 Å². The van der Waals surface area contributed by atoms with Crippen LogP contribution in [0, 0.1) is 0 Å². The number of dihydropyridines is 1. The molecule has 116 valence electrons. The molecule has 5 heteroatoms. The number of rotatable bonds is 3. The van der Waals surface area contributed by atoms with E-state index in [1.807, 2.05) is 0 Å². The molecule has 1 aliphatic heterocycles. The second-order valence-electron chi connectivity index (χ2n) is 6.29. The van der Waals surface area contributed by atoms with Crippen molar-refractivity contribution in [2.45, 2.75) is 67.9 Å². The summed E-state index contributed by atoms with van der Waals surface area (Å²) in [4.78, 5) is 15.1. The third-order valence-electron chi connectivity index (χ3n) is 4.81. The molecule has 0 spiro atoms. The molecule has 0 unspecified atom stereocenters. The molecule has 0 bridgehead atoms. The Bertz CT molecular complexity index is 445. The first kappa shape index (κ1) is 15.2. The Morgan fingerprint density at radius 2 is 1.62 bits per heavy atom.